The lowest BCUT2D eigenvalue weighted by Gasteiger charge is -2.07. The molecule has 0 aliphatic heterocycles. The highest BCUT2D eigenvalue weighted by atomic mass is 35.5. The summed E-state index contributed by atoms with van der Waals surface area (Å²) in [6.45, 7) is 0.876. The van der Waals surface area contributed by atoms with Gasteiger partial charge in [-0.3, -0.25) is 4.79 Å². The fraction of sp³-hybridized carbons (Fsp3) is 0.286. The molecule has 0 radical (unpaired) electrons. The minimum Gasteiger partial charge on any atom is -0.462 e. The zero-order valence-corrected chi connectivity index (χ0v) is 13.6. The maximum Gasteiger partial charge on any atom is 0.341 e. The highest BCUT2D eigenvalue weighted by Crippen LogP contribution is 2.27. The third-order valence-corrected chi connectivity index (χ3v) is 3.43. The second kappa shape index (κ2) is 9.12. The van der Waals surface area contributed by atoms with Crippen LogP contribution in [0.4, 0.5) is 0 Å². The summed E-state index contributed by atoms with van der Waals surface area (Å²) in [5.74, 6) is -1.36. The molecule has 7 nitrogen and oxygen atoms in total. The van der Waals surface area contributed by atoms with Gasteiger partial charge in [0.1, 0.15) is 5.57 Å². The number of carbonyl (C=O) groups excluding carboxylic acids is 2. The van der Waals surface area contributed by atoms with Gasteiger partial charge in [-0.2, -0.15) is 0 Å². The van der Waals surface area contributed by atoms with Crippen LogP contribution < -0.4 is 0 Å². The zero-order valence-electron chi connectivity index (χ0n) is 12.1. The lowest BCUT2D eigenvalue weighted by Crippen LogP contribution is -2.15. The summed E-state index contributed by atoms with van der Waals surface area (Å²) in [6, 6.07) is 4.79. The molecule has 0 saturated carbocycles. The summed E-state index contributed by atoms with van der Waals surface area (Å²) in [5.41, 5.74) is 0.197. The van der Waals surface area contributed by atoms with Crippen LogP contribution in [-0.4, -0.2) is 30.1 Å². The van der Waals surface area contributed by atoms with Crippen LogP contribution in [0.3, 0.4) is 0 Å². The van der Waals surface area contributed by atoms with Crippen molar-refractivity contribution in [3.8, 4) is 0 Å². The first-order valence-corrected chi connectivity index (χ1v) is 7.19. The summed E-state index contributed by atoms with van der Waals surface area (Å²) in [7, 11) is 0. The fourth-order valence-electron chi connectivity index (χ4n) is 1.53. The van der Waals surface area contributed by atoms with Gasteiger partial charge in [-0.1, -0.05) is 35.3 Å². The number of hydrogen-bond acceptors (Lipinski definition) is 6. The predicted molar refractivity (Wildman–Crippen MR) is 83.6 cm³/mol. The summed E-state index contributed by atoms with van der Waals surface area (Å²) in [5, 5.41) is 9.51. The van der Waals surface area contributed by atoms with Gasteiger partial charge in [-0.05, 0) is 24.6 Å². The van der Waals surface area contributed by atoms with Gasteiger partial charge in [0.25, 0.3) is 5.09 Å². The Morgan fingerprint density at radius 3 is 2.61 bits per heavy atom. The Hall–Kier alpha value is -2.12. The van der Waals surface area contributed by atoms with Crippen LogP contribution in [0, 0.1) is 10.1 Å². The molecule has 0 aromatic heterocycles. The van der Waals surface area contributed by atoms with Crippen molar-refractivity contribution in [1.29, 1.82) is 0 Å². The van der Waals surface area contributed by atoms with Gasteiger partial charge in [-0.25, -0.2) is 4.79 Å². The number of ketones is 1. The summed E-state index contributed by atoms with van der Waals surface area (Å²) in [6.07, 6.45) is 1.40. The van der Waals surface area contributed by atoms with Crippen molar-refractivity contribution in [2.24, 2.45) is 0 Å². The van der Waals surface area contributed by atoms with Gasteiger partial charge in [0.2, 0.25) is 0 Å². The molecule has 1 aromatic carbocycles. The zero-order chi connectivity index (χ0) is 17.4. The number of rotatable bonds is 8. The molecule has 0 N–H and O–H groups in total. The van der Waals surface area contributed by atoms with Crippen molar-refractivity contribution in [3.63, 3.8) is 0 Å². The van der Waals surface area contributed by atoms with Gasteiger partial charge in [0.15, 0.2) is 5.78 Å². The lowest BCUT2D eigenvalue weighted by molar-refractivity contribution is -0.757. The highest BCUT2D eigenvalue weighted by Gasteiger charge is 2.17. The van der Waals surface area contributed by atoms with Gasteiger partial charge in [-0.15, -0.1) is 10.1 Å². The van der Waals surface area contributed by atoms with Crippen molar-refractivity contribution in [1.82, 2.24) is 0 Å². The quantitative estimate of drug-likeness (QED) is 0.134. The first kappa shape index (κ1) is 18.9. The van der Waals surface area contributed by atoms with Gasteiger partial charge in [0, 0.05) is 6.42 Å². The molecule has 0 saturated heterocycles. The minimum atomic E-state index is -0.941. The average molecular weight is 362 g/mol. The van der Waals surface area contributed by atoms with Crippen LogP contribution in [0.25, 0.3) is 6.08 Å². The van der Waals surface area contributed by atoms with Crippen molar-refractivity contribution in [3.05, 3.63) is 49.5 Å². The van der Waals surface area contributed by atoms with Crippen LogP contribution in [-0.2, 0) is 19.2 Å². The molecular weight excluding hydrogens is 349 g/mol. The molecule has 124 valence electrons. The molecule has 9 heteroatoms. The number of nitrogens with zero attached hydrogens (tertiary/aromatic N) is 1. The third kappa shape index (κ3) is 6.25. The number of Topliss-reactive ketones (excluding diaryl/α,β-unsaturated/α-hetero) is 1. The van der Waals surface area contributed by atoms with Crippen LogP contribution in [0.15, 0.2) is 23.8 Å². The lowest BCUT2D eigenvalue weighted by atomic mass is 10.1. The van der Waals surface area contributed by atoms with Crippen molar-refractivity contribution in [2.75, 3.05) is 13.2 Å². The topological polar surface area (TPSA) is 95.7 Å². The standard InChI is InChI=1S/C14H13Cl2NO6/c1-9(18)11(8-10-4-2-5-12(15)13(10)16)14(19)22-6-3-7-23-17(20)21/h2,4-5,8H,3,6-7H2,1H3/b11-8+. The number of esters is 1. The molecule has 1 rings (SSSR count). The molecular formula is C14H13Cl2NO6. The van der Waals surface area contributed by atoms with Crippen molar-refractivity contribution in [2.45, 2.75) is 13.3 Å². The van der Waals surface area contributed by atoms with Crippen LogP contribution in [0.1, 0.15) is 18.9 Å². The van der Waals surface area contributed by atoms with Crippen LogP contribution >= 0.6 is 23.2 Å². The predicted octanol–water partition coefficient (Wildman–Crippen LogP) is 3.11. The second-order valence-corrected chi connectivity index (χ2v) is 5.09. The number of ether oxygens (including phenoxy) is 1. The Labute approximate surface area is 141 Å². The molecule has 0 bridgehead atoms. The van der Waals surface area contributed by atoms with Crippen molar-refractivity contribution < 1.29 is 24.3 Å². The maximum absolute atomic E-state index is 11.9. The van der Waals surface area contributed by atoms with E-state index in [-0.39, 0.29) is 35.3 Å². The van der Waals surface area contributed by atoms with Crippen molar-refractivity contribution >= 4 is 41.0 Å². The Kier molecular flexibility index (Phi) is 7.50. The molecule has 0 aliphatic carbocycles. The molecule has 0 spiro atoms. The van der Waals surface area contributed by atoms with E-state index in [2.05, 4.69) is 4.84 Å². The van der Waals surface area contributed by atoms with Crippen LogP contribution in [0.5, 0.6) is 0 Å². The molecule has 23 heavy (non-hydrogen) atoms. The molecule has 0 amide bonds. The fourth-order valence-corrected chi connectivity index (χ4v) is 1.89. The van der Waals surface area contributed by atoms with E-state index in [1.165, 1.54) is 13.0 Å². The first-order valence-electron chi connectivity index (χ1n) is 6.44. The minimum absolute atomic E-state index is 0.121. The van der Waals surface area contributed by atoms with E-state index in [1.54, 1.807) is 18.2 Å². The summed E-state index contributed by atoms with van der Waals surface area (Å²) >= 11 is 11.9. The van der Waals surface area contributed by atoms with E-state index in [0.29, 0.717) is 5.56 Å². The first-order chi connectivity index (χ1) is 10.8. The van der Waals surface area contributed by atoms with E-state index in [9.17, 15) is 19.7 Å². The van der Waals surface area contributed by atoms with E-state index < -0.39 is 16.8 Å². The number of carbonyl (C=O) groups is 2. The van der Waals surface area contributed by atoms with E-state index >= 15 is 0 Å². The second-order valence-electron chi connectivity index (χ2n) is 4.30. The molecule has 0 unspecified atom stereocenters. The SMILES string of the molecule is CC(=O)/C(=C\c1cccc(Cl)c1Cl)C(=O)OCCCO[N+](=O)[O-]. The van der Waals surface area contributed by atoms with E-state index in [1.807, 2.05) is 0 Å². The number of halogens is 2. The van der Waals surface area contributed by atoms with Gasteiger partial charge in [0.05, 0.1) is 23.3 Å². The Morgan fingerprint density at radius 1 is 1.30 bits per heavy atom. The normalized spacial score (nSPS) is 11.0. The third-order valence-electron chi connectivity index (χ3n) is 2.60. The summed E-state index contributed by atoms with van der Waals surface area (Å²) in [4.78, 5) is 37.6. The number of benzene rings is 1. The Balaban J connectivity index is 2.76. The van der Waals surface area contributed by atoms with Crippen LogP contribution in [0.2, 0.25) is 10.0 Å². The smallest absolute Gasteiger partial charge is 0.341 e. The maximum atomic E-state index is 11.9. The molecule has 0 aliphatic rings. The molecule has 0 atom stereocenters. The van der Waals surface area contributed by atoms with E-state index in [0.717, 1.165) is 0 Å². The largest absolute Gasteiger partial charge is 0.462 e. The molecule has 1 aromatic rings. The molecule has 0 fully saturated rings. The average Bonchev–Trinajstić information content (AvgIpc) is 2.47. The van der Waals surface area contributed by atoms with Gasteiger partial charge < -0.3 is 9.57 Å². The van der Waals surface area contributed by atoms with Gasteiger partial charge >= 0.3 is 5.97 Å². The Morgan fingerprint density at radius 2 is 2.00 bits per heavy atom. The number of hydrogen-bond donors (Lipinski definition) is 0. The van der Waals surface area contributed by atoms with E-state index in [4.69, 9.17) is 27.9 Å². The highest BCUT2D eigenvalue weighted by molar-refractivity contribution is 6.43. The monoisotopic (exact) mass is 361 g/mol. The molecule has 0 heterocycles. The Bertz CT molecular complexity index is 644. The summed E-state index contributed by atoms with van der Waals surface area (Å²) < 4.78 is 4.88.